The molecule has 2 aromatic carbocycles. The quantitative estimate of drug-likeness (QED) is 0.775. The van der Waals surface area contributed by atoms with Gasteiger partial charge in [0.15, 0.2) is 0 Å². The van der Waals surface area contributed by atoms with E-state index in [2.05, 4.69) is 10.3 Å². The number of fused-ring (bicyclic) bond motifs is 1. The molecule has 7 heteroatoms. The van der Waals surface area contributed by atoms with Gasteiger partial charge in [-0.25, -0.2) is 8.78 Å². The molecule has 1 amide bonds. The molecule has 5 nitrogen and oxygen atoms in total. The number of ether oxygens (including phenoxy) is 1. The summed E-state index contributed by atoms with van der Waals surface area (Å²) in [7, 11) is 1.46. The second kappa shape index (κ2) is 6.11. The first-order valence-corrected chi connectivity index (χ1v) is 6.96. The third kappa shape index (κ3) is 2.71. The predicted octanol–water partition coefficient (Wildman–Crippen LogP) is 3.07. The Morgan fingerprint density at radius 2 is 2.00 bits per heavy atom. The third-order valence-corrected chi connectivity index (χ3v) is 3.52. The Morgan fingerprint density at radius 3 is 2.71 bits per heavy atom. The fourth-order valence-corrected chi connectivity index (χ4v) is 2.34. The van der Waals surface area contributed by atoms with Gasteiger partial charge in [0.05, 0.1) is 23.7 Å². The molecule has 0 aliphatic heterocycles. The molecule has 0 aliphatic rings. The van der Waals surface area contributed by atoms with Crippen molar-refractivity contribution in [3.63, 3.8) is 0 Å². The minimum atomic E-state index is -0.928. The van der Waals surface area contributed by atoms with Gasteiger partial charge in [-0.3, -0.25) is 9.59 Å². The van der Waals surface area contributed by atoms with Gasteiger partial charge >= 0.3 is 0 Å². The van der Waals surface area contributed by atoms with Crippen molar-refractivity contribution in [1.82, 2.24) is 4.98 Å². The minimum Gasteiger partial charge on any atom is -0.495 e. The molecule has 0 saturated carbocycles. The number of carbonyl (C=O) groups excluding carboxylic acids is 1. The molecule has 122 valence electrons. The van der Waals surface area contributed by atoms with Gasteiger partial charge in [0, 0.05) is 12.3 Å². The highest BCUT2D eigenvalue weighted by Crippen LogP contribution is 2.21. The number of carbonyl (C=O) groups is 1. The summed E-state index contributed by atoms with van der Waals surface area (Å²) in [6.07, 6.45) is 1.23. The molecule has 24 heavy (non-hydrogen) atoms. The van der Waals surface area contributed by atoms with Crippen molar-refractivity contribution in [3.05, 3.63) is 70.0 Å². The normalized spacial score (nSPS) is 10.6. The summed E-state index contributed by atoms with van der Waals surface area (Å²) in [4.78, 5) is 27.6. The Morgan fingerprint density at radius 1 is 1.21 bits per heavy atom. The van der Waals surface area contributed by atoms with Crippen LogP contribution in [0.2, 0.25) is 0 Å². The van der Waals surface area contributed by atoms with Crippen LogP contribution in [-0.4, -0.2) is 18.0 Å². The molecule has 0 saturated heterocycles. The zero-order valence-electron chi connectivity index (χ0n) is 12.5. The number of anilines is 1. The number of aromatic nitrogens is 1. The standard InChI is InChI=1S/C17H12F2N2O3/c1-24-14-4-2-3-10-15(14)20-8-11(16(10)22)17(23)21-13-6-5-9(18)7-12(13)19/h2-8H,1H3,(H,20,22)(H,21,23). The van der Waals surface area contributed by atoms with E-state index in [1.807, 2.05) is 0 Å². The van der Waals surface area contributed by atoms with Crippen LogP contribution in [0.15, 0.2) is 47.4 Å². The molecule has 0 radical (unpaired) electrons. The maximum absolute atomic E-state index is 13.6. The molecule has 1 aromatic heterocycles. The number of halogens is 2. The average molecular weight is 330 g/mol. The number of hydrogen-bond donors (Lipinski definition) is 2. The molecule has 0 bridgehead atoms. The van der Waals surface area contributed by atoms with Crippen molar-refractivity contribution in [3.8, 4) is 5.75 Å². The monoisotopic (exact) mass is 330 g/mol. The molecule has 2 N–H and O–H groups in total. The zero-order valence-corrected chi connectivity index (χ0v) is 12.5. The summed E-state index contributed by atoms with van der Waals surface area (Å²) in [5.41, 5.74) is -0.483. The van der Waals surface area contributed by atoms with E-state index in [9.17, 15) is 18.4 Å². The minimum absolute atomic E-state index is 0.195. The lowest BCUT2D eigenvalue weighted by molar-refractivity contribution is 0.102. The van der Waals surface area contributed by atoms with E-state index < -0.39 is 23.0 Å². The van der Waals surface area contributed by atoms with E-state index in [4.69, 9.17) is 4.74 Å². The molecule has 0 aliphatic carbocycles. The number of H-pyrrole nitrogens is 1. The number of rotatable bonds is 3. The van der Waals surface area contributed by atoms with Crippen molar-refractivity contribution < 1.29 is 18.3 Å². The molecule has 0 atom stereocenters. The number of aromatic amines is 1. The lowest BCUT2D eigenvalue weighted by atomic mass is 10.1. The summed E-state index contributed by atoms with van der Waals surface area (Å²) in [5, 5.41) is 2.52. The first-order chi connectivity index (χ1) is 11.5. The van der Waals surface area contributed by atoms with Crippen LogP contribution in [0.25, 0.3) is 10.9 Å². The van der Waals surface area contributed by atoms with Crippen LogP contribution in [-0.2, 0) is 0 Å². The van der Waals surface area contributed by atoms with E-state index in [-0.39, 0.29) is 16.6 Å². The van der Waals surface area contributed by atoms with Crippen LogP contribution in [0.1, 0.15) is 10.4 Å². The molecular weight excluding hydrogens is 318 g/mol. The molecule has 0 fully saturated rings. The highest BCUT2D eigenvalue weighted by atomic mass is 19.1. The van der Waals surface area contributed by atoms with Crippen LogP contribution >= 0.6 is 0 Å². The predicted molar refractivity (Wildman–Crippen MR) is 85.4 cm³/mol. The molecule has 1 heterocycles. The average Bonchev–Trinajstić information content (AvgIpc) is 2.57. The number of benzene rings is 2. The number of hydrogen-bond acceptors (Lipinski definition) is 3. The summed E-state index contributed by atoms with van der Waals surface area (Å²) >= 11 is 0. The topological polar surface area (TPSA) is 71.2 Å². The Hall–Kier alpha value is -3.22. The summed E-state index contributed by atoms with van der Waals surface area (Å²) in [6.45, 7) is 0. The highest BCUT2D eigenvalue weighted by molar-refractivity contribution is 6.06. The fraction of sp³-hybridized carbons (Fsp3) is 0.0588. The van der Waals surface area contributed by atoms with Crippen molar-refractivity contribution in [2.24, 2.45) is 0 Å². The van der Waals surface area contributed by atoms with Crippen molar-refractivity contribution in [2.45, 2.75) is 0 Å². The maximum atomic E-state index is 13.6. The van der Waals surface area contributed by atoms with Gasteiger partial charge in [-0.2, -0.15) is 0 Å². The van der Waals surface area contributed by atoms with Gasteiger partial charge in [-0.05, 0) is 24.3 Å². The van der Waals surface area contributed by atoms with Crippen molar-refractivity contribution in [2.75, 3.05) is 12.4 Å². The number of para-hydroxylation sites is 1. The van der Waals surface area contributed by atoms with Crippen LogP contribution in [0.3, 0.4) is 0 Å². The van der Waals surface area contributed by atoms with Gasteiger partial charge in [-0.1, -0.05) is 6.07 Å². The van der Waals surface area contributed by atoms with Gasteiger partial charge in [0.1, 0.15) is 22.9 Å². The Labute approximate surface area is 134 Å². The smallest absolute Gasteiger partial charge is 0.261 e. The first kappa shape index (κ1) is 15.7. The number of pyridine rings is 1. The SMILES string of the molecule is COc1cccc2c(=O)c(C(=O)Nc3ccc(F)cc3F)c[nH]c12. The van der Waals surface area contributed by atoms with E-state index in [0.29, 0.717) is 17.3 Å². The van der Waals surface area contributed by atoms with Crippen molar-refractivity contribution in [1.29, 1.82) is 0 Å². The second-order valence-corrected chi connectivity index (χ2v) is 4.99. The number of amides is 1. The van der Waals surface area contributed by atoms with E-state index in [1.54, 1.807) is 18.2 Å². The molecule has 3 aromatic rings. The van der Waals surface area contributed by atoms with Gasteiger partial charge in [-0.15, -0.1) is 0 Å². The molecular formula is C17H12F2N2O3. The van der Waals surface area contributed by atoms with Crippen LogP contribution in [0, 0.1) is 11.6 Å². The highest BCUT2D eigenvalue weighted by Gasteiger charge is 2.16. The third-order valence-electron chi connectivity index (χ3n) is 3.52. The van der Waals surface area contributed by atoms with E-state index in [0.717, 1.165) is 12.1 Å². The Kier molecular flexibility index (Phi) is 3.99. The molecule has 3 rings (SSSR count). The second-order valence-electron chi connectivity index (χ2n) is 4.99. The van der Waals surface area contributed by atoms with Gasteiger partial charge < -0.3 is 15.0 Å². The van der Waals surface area contributed by atoms with Gasteiger partial charge in [0.2, 0.25) is 5.43 Å². The molecule has 0 spiro atoms. The lowest BCUT2D eigenvalue weighted by Gasteiger charge is -2.08. The summed E-state index contributed by atoms with van der Waals surface area (Å²) in [6, 6.07) is 7.58. The zero-order chi connectivity index (χ0) is 17.3. The van der Waals surface area contributed by atoms with Crippen molar-refractivity contribution >= 4 is 22.5 Å². The Balaban J connectivity index is 2.01. The Bertz CT molecular complexity index is 999. The fourth-order valence-electron chi connectivity index (χ4n) is 2.34. The summed E-state index contributed by atoms with van der Waals surface area (Å²) in [5.74, 6) is -2.03. The van der Waals surface area contributed by atoms with Gasteiger partial charge in [0.25, 0.3) is 5.91 Å². The lowest BCUT2D eigenvalue weighted by Crippen LogP contribution is -2.22. The first-order valence-electron chi connectivity index (χ1n) is 6.96. The van der Waals surface area contributed by atoms with Crippen LogP contribution in [0.4, 0.5) is 14.5 Å². The largest absolute Gasteiger partial charge is 0.495 e. The van der Waals surface area contributed by atoms with E-state index >= 15 is 0 Å². The van der Waals surface area contributed by atoms with Crippen LogP contribution < -0.4 is 15.5 Å². The number of methoxy groups -OCH3 is 1. The summed E-state index contributed by atoms with van der Waals surface area (Å²) < 4.78 is 31.7. The number of nitrogens with one attached hydrogen (secondary N) is 2. The molecule has 0 unspecified atom stereocenters. The maximum Gasteiger partial charge on any atom is 0.261 e. The van der Waals surface area contributed by atoms with Crippen LogP contribution in [0.5, 0.6) is 5.75 Å². The van der Waals surface area contributed by atoms with E-state index in [1.165, 1.54) is 13.3 Å².